The van der Waals surface area contributed by atoms with Gasteiger partial charge in [-0.15, -0.1) is 0 Å². The maximum atomic E-state index is 11.8. The van der Waals surface area contributed by atoms with E-state index in [2.05, 4.69) is 38.2 Å². The van der Waals surface area contributed by atoms with Crippen molar-refractivity contribution in [2.75, 3.05) is 26.7 Å². The van der Waals surface area contributed by atoms with Crippen molar-refractivity contribution in [1.29, 1.82) is 0 Å². The van der Waals surface area contributed by atoms with Crippen LogP contribution in [0.15, 0.2) is 16.6 Å². The minimum Gasteiger partial charge on any atom is -0.465 e. The monoisotopic (exact) mass is 450 g/mol. The maximum absolute atomic E-state index is 11.8. The van der Waals surface area contributed by atoms with Crippen LogP contribution in [0.2, 0.25) is 0 Å². The zero-order chi connectivity index (χ0) is 20.3. The number of fused-ring (bicyclic) bond motifs is 3. The smallest absolute Gasteiger partial charge is 0.404 e. The standard InChI is InChI=1S/C20H27BrN4O3/c1-25(9-3-2-8-23-20(27)28)11-12-4-5-13-16(10-12)24-18-14(19(22)26)6-7-15(21)17(13)18/h6-7,12,23-24H,2-5,8-11H2,1H3,(H2,22,26)(H,27,28). The van der Waals surface area contributed by atoms with Gasteiger partial charge in [0.1, 0.15) is 0 Å². The minimum absolute atomic E-state index is 0.412. The summed E-state index contributed by atoms with van der Waals surface area (Å²) in [4.78, 5) is 28.0. The number of aromatic amines is 1. The highest BCUT2D eigenvalue weighted by Gasteiger charge is 2.25. The number of primary amides is 1. The molecule has 0 radical (unpaired) electrons. The van der Waals surface area contributed by atoms with Crippen molar-refractivity contribution in [3.8, 4) is 0 Å². The number of hydrogen-bond acceptors (Lipinski definition) is 3. The summed E-state index contributed by atoms with van der Waals surface area (Å²) in [6, 6.07) is 3.66. The normalized spacial score (nSPS) is 16.3. The fourth-order valence-corrected chi connectivity index (χ4v) is 4.73. The highest BCUT2D eigenvalue weighted by Crippen LogP contribution is 2.37. The average molecular weight is 451 g/mol. The summed E-state index contributed by atoms with van der Waals surface area (Å²) < 4.78 is 0.996. The molecular weight excluding hydrogens is 424 g/mol. The van der Waals surface area contributed by atoms with Gasteiger partial charge in [0, 0.05) is 28.6 Å². The molecule has 0 fully saturated rings. The molecule has 1 aromatic carbocycles. The molecule has 0 saturated heterocycles. The van der Waals surface area contributed by atoms with Crippen molar-refractivity contribution in [3.05, 3.63) is 33.4 Å². The lowest BCUT2D eigenvalue weighted by Gasteiger charge is -2.27. The van der Waals surface area contributed by atoms with E-state index in [4.69, 9.17) is 10.8 Å². The largest absolute Gasteiger partial charge is 0.465 e. The number of halogens is 1. The van der Waals surface area contributed by atoms with Crippen LogP contribution in [0.1, 0.15) is 40.9 Å². The fourth-order valence-electron chi connectivity index (χ4n) is 4.16. The van der Waals surface area contributed by atoms with Gasteiger partial charge in [-0.25, -0.2) is 4.79 Å². The number of carbonyl (C=O) groups is 2. The van der Waals surface area contributed by atoms with Crippen molar-refractivity contribution >= 4 is 38.8 Å². The Hall–Kier alpha value is -2.06. The molecule has 1 aliphatic carbocycles. The summed E-state index contributed by atoms with van der Waals surface area (Å²) in [6.45, 7) is 2.46. The minimum atomic E-state index is -0.962. The first-order valence-electron chi connectivity index (χ1n) is 9.64. The number of aromatic nitrogens is 1. The van der Waals surface area contributed by atoms with E-state index < -0.39 is 12.0 Å². The number of benzene rings is 1. The predicted octanol–water partition coefficient (Wildman–Crippen LogP) is 3.11. The van der Waals surface area contributed by atoms with Gasteiger partial charge < -0.3 is 26.0 Å². The second kappa shape index (κ2) is 8.96. The summed E-state index contributed by atoms with van der Waals surface area (Å²) in [5, 5.41) is 12.1. The molecular formula is C20H27BrN4O3. The Kier molecular flexibility index (Phi) is 6.61. The van der Waals surface area contributed by atoms with Crippen LogP contribution < -0.4 is 11.1 Å². The molecule has 1 heterocycles. The van der Waals surface area contributed by atoms with E-state index in [1.807, 2.05) is 6.07 Å². The second-order valence-electron chi connectivity index (χ2n) is 7.60. The number of nitrogens with zero attached hydrogens (tertiary/aromatic N) is 1. The Balaban J connectivity index is 1.61. The molecule has 1 aromatic heterocycles. The molecule has 5 N–H and O–H groups in total. The first-order chi connectivity index (χ1) is 13.4. The quantitative estimate of drug-likeness (QED) is 0.462. The van der Waals surface area contributed by atoms with Crippen molar-refractivity contribution in [2.24, 2.45) is 11.7 Å². The summed E-state index contributed by atoms with van der Waals surface area (Å²) in [6.07, 6.45) is 3.90. The number of H-pyrrole nitrogens is 1. The van der Waals surface area contributed by atoms with E-state index in [0.717, 1.165) is 60.6 Å². The van der Waals surface area contributed by atoms with Crippen molar-refractivity contribution in [1.82, 2.24) is 15.2 Å². The third-order valence-electron chi connectivity index (χ3n) is 5.47. The molecule has 1 atom stereocenters. The Morgan fingerprint density at radius 2 is 2.18 bits per heavy atom. The summed E-state index contributed by atoms with van der Waals surface area (Å²) >= 11 is 3.62. The Morgan fingerprint density at radius 1 is 1.39 bits per heavy atom. The molecule has 0 bridgehead atoms. The highest BCUT2D eigenvalue weighted by atomic mass is 79.9. The van der Waals surface area contributed by atoms with Gasteiger partial charge in [-0.05, 0) is 69.3 Å². The number of amides is 2. The summed E-state index contributed by atoms with van der Waals surface area (Å²) in [5.74, 6) is 0.142. The van der Waals surface area contributed by atoms with Crippen molar-refractivity contribution in [3.63, 3.8) is 0 Å². The lowest BCUT2D eigenvalue weighted by atomic mass is 9.86. The first kappa shape index (κ1) is 20.7. The number of carboxylic acid groups (broad SMARTS) is 1. The van der Waals surface area contributed by atoms with Crippen LogP contribution in [0.25, 0.3) is 10.9 Å². The van der Waals surface area contributed by atoms with Crippen LogP contribution in [0.5, 0.6) is 0 Å². The molecule has 28 heavy (non-hydrogen) atoms. The topological polar surface area (TPSA) is 111 Å². The van der Waals surface area contributed by atoms with Gasteiger partial charge in [-0.3, -0.25) is 4.79 Å². The van der Waals surface area contributed by atoms with Gasteiger partial charge in [-0.2, -0.15) is 0 Å². The Bertz CT molecular complexity index is 880. The predicted molar refractivity (Wildman–Crippen MR) is 113 cm³/mol. The van der Waals surface area contributed by atoms with Crippen LogP contribution in [0, 0.1) is 5.92 Å². The van der Waals surface area contributed by atoms with Gasteiger partial charge in [-0.1, -0.05) is 15.9 Å². The zero-order valence-corrected chi connectivity index (χ0v) is 17.6. The van der Waals surface area contributed by atoms with Crippen LogP contribution in [0.3, 0.4) is 0 Å². The lowest BCUT2D eigenvalue weighted by molar-refractivity contribution is 0.100. The second-order valence-corrected chi connectivity index (χ2v) is 8.46. The molecule has 1 unspecified atom stereocenters. The van der Waals surface area contributed by atoms with E-state index in [9.17, 15) is 9.59 Å². The Labute approximate surface area is 172 Å². The molecule has 1 aliphatic rings. The molecule has 2 aromatic rings. The third kappa shape index (κ3) is 4.67. The first-order valence-corrected chi connectivity index (χ1v) is 10.4. The number of unbranched alkanes of at least 4 members (excludes halogenated alkanes) is 1. The number of carbonyl (C=O) groups excluding carboxylic acids is 1. The molecule has 7 nitrogen and oxygen atoms in total. The molecule has 2 amide bonds. The number of nitrogens with one attached hydrogen (secondary N) is 2. The van der Waals surface area contributed by atoms with Crippen LogP contribution in [-0.2, 0) is 12.8 Å². The van der Waals surface area contributed by atoms with E-state index in [0.29, 0.717) is 18.0 Å². The van der Waals surface area contributed by atoms with Gasteiger partial charge in [0.25, 0.3) is 5.91 Å². The summed E-state index contributed by atoms with van der Waals surface area (Å²) in [7, 11) is 2.12. The van der Waals surface area contributed by atoms with Crippen LogP contribution in [0.4, 0.5) is 4.79 Å². The molecule has 0 spiro atoms. The number of nitrogens with two attached hydrogens (primary N) is 1. The number of hydrogen-bond donors (Lipinski definition) is 4. The van der Waals surface area contributed by atoms with E-state index in [1.54, 1.807) is 6.07 Å². The molecule has 0 saturated carbocycles. The van der Waals surface area contributed by atoms with Crippen molar-refractivity contribution in [2.45, 2.75) is 32.1 Å². The molecule has 8 heteroatoms. The molecule has 3 rings (SSSR count). The molecule has 152 valence electrons. The van der Waals surface area contributed by atoms with E-state index >= 15 is 0 Å². The van der Waals surface area contributed by atoms with E-state index in [1.165, 1.54) is 11.3 Å². The molecule has 0 aliphatic heterocycles. The SMILES string of the molecule is CN(CCCCNC(=O)O)CC1CCc2c([nH]c3c(C(N)=O)ccc(Br)c23)C1. The van der Waals surface area contributed by atoms with Gasteiger partial charge in [0.2, 0.25) is 0 Å². The maximum Gasteiger partial charge on any atom is 0.404 e. The van der Waals surface area contributed by atoms with Crippen LogP contribution >= 0.6 is 15.9 Å². The van der Waals surface area contributed by atoms with Crippen molar-refractivity contribution < 1.29 is 14.7 Å². The Morgan fingerprint density at radius 3 is 2.89 bits per heavy atom. The zero-order valence-electron chi connectivity index (χ0n) is 16.1. The third-order valence-corrected chi connectivity index (χ3v) is 6.13. The van der Waals surface area contributed by atoms with Gasteiger partial charge in [0.05, 0.1) is 11.1 Å². The number of aryl methyl sites for hydroxylation is 1. The van der Waals surface area contributed by atoms with Gasteiger partial charge >= 0.3 is 6.09 Å². The lowest BCUT2D eigenvalue weighted by Crippen LogP contribution is -2.30. The van der Waals surface area contributed by atoms with Crippen LogP contribution in [-0.4, -0.2) is 53.7 Å². The average Bonchev–Trinajstić information content (AvgIpc) is 3.00. The fraction of sp³-hybridized carbons (Fsp3) is 0.500. The number of rotatable bonds is 8. The van der Waals surface area contributed by atoms with Gasteiger partial charge in [0.15, 0.2) is 0 Å². The highest BCUT2D eigenvalue weighted by molar-refractivity contribution is 9.10. The summed E-state index contributed by atoms with van der Waals surface area (Å²) in [5.41, 5.74) is 9.43. The van der Waals surface area contributed by atoms with E-state index in [-0.39, 0.29) is 0 Å².